The van der Waals surface area contributed by atoms with Gasteiger partial charge in [-0.1, -0.05) is 6.07 Å². The van der Waals surface area contributed by atoms with Crippen molar-refractivity contribution < 1.29 is 28.6 Å². The van der Waals surface area contributed by atoms with E-state index in [4.69, 9.17) is 14.6 Å². The third-order valence-electron chi connectivity index (χ3n) is 6.76. The molecule has 2 atom stereocenters. The highest BCUT2D eigenvalue weighted by atomic mass is 16.6. The fourth-order valence-electron chi connectivity index (χ4n) is 4.66. The molecule has 12 nitrogen and oxygen atoms in total. The summed E-state index contributed by atoms with van der Waals surface area (Å²) in [6.45, 7) is 9.18. The quantitative estimate of drug-likeness (QED) is 0.466. The van der Waals surface area contributed by atoms with Crippen LogP contribution in [0.15, 0.2) is 30.5 Å². The van der Waals surface area contributed by atoms with Gasteiger partial charge in [0, 0.05) is 31.9 Å². The Kier molecular flexibility index (Phi) is 9.28. The number of methoxy groups -OCH3 is 1. The van der Waals surface area contributed by atoms with Gasteiger partial charge in [-0.3, -0.25) is 14.5 Å². The zero-order valence-electron chi connectivity index (χ0n) is 24.0. The van der Waals surface area contributed by atoms with Gasteiger partial charge >= 0.3 is 12.2 Å². The van der Waals surface area contributed by atoms with Crippen molar-refractivity contribution in [3.05, 3.63) is 36.2 Å². The highest BCUT2D eigenvalue weighted by molar-refractivity contribution is 5.83. The molecule has 2 aromatic rings. The lowest BCUT2D eigenvalue weighted by molar-refractivity contribution is -0.152. The maximum atomic E-state index is 13.8. The summed E-state index contributed by atoms with van der Waals surface area (Å²) in [5.41, 5.74) is 1.71. The fraction of sp³-hybridized carbons (Fsp3) is 0.607. The van der Waals surface area contributed by atoms with Crippen molar-refractivity contribution in [2.45, 2.75) is 77.3 Å². The van der Waals surface area contributed by atoms with Crippen LogP contribution in [-0.2, 0) is 25.5 Å². The number of morpholine rings is 1. The predicted octanol–water partition coefficient (Wildman–Crippen LogP) is 3.38. The highest BCUT2D eigenvalue weighted by Gasteiger charge is 2.42. The molecule has 218 valence electrons. The number of hydrogen-bond donors (Lipinski definition) is 1. The van der Waals surface area contributed by atoms with Crippen LogP contribution in [-0.4, -0.2) is 93.8 Å². The highest BCUT2D eigenvalue weighted by Crippen LogP contribution is 2.36. The minimum Gasteiger partial charge on any atom is -0.453 e. The van der Waals surface area contributed by atoms with E-state index >= 15 is 0 Å². The molecular weight excluding hydrogens is 516 g/mol. The summed E-state index contributed by atoms with van der Waals surface area (Å²) in [6, 6.07) is 7.43. The second-order valence-corrected chi connectivity index (χ2v) is 11.1. The number of pyridine rings is 1. The van der Waals surface area contributed by atoms with Gasteiger partial charge in [-0.05, 0) is 65.2 Å². The van der Waals surface area contributed by atoms with Gasteiger partial charge in [0.05, 0.1) is 43.4 Å². The first kappa shape index (κ1) is 29.3. The van der Waals surface area contributed by atoms with Crippen LogP contribution in [0.5, 0.6) is 0 Å². The summed E-state index contributed by atoms with van der Waals surface area (Å²) in [7, 11) is 1.33. The average molecular weight is 557 g/mol. The number of hydrogen-bond acceptors (Lipinski definition) is 8. The Balaban J connectivity index is 1.52. The van der Waals surface area contributed by atoms with E-state index in [-0.39, 0.29) is 31.1 Å². The molecule has 0 unspecified atom stereocenters. The number of nitrogens with one attached hydrogen (secondary N) is 1. The molecule has 0 spiro atoms. The van der Waals surface area contributed by atoms with E-state index in [2.05, 4.69) is 15.0 Å². The zero-order valence-corrected chi connectivity index (χ0v) is 24.0. The third kappa shape index (κ3) is 7.50. The van der Waals surface area contributed by atoms with E-state index in [1.807, 2.05) is 61.5 Å². The minimum absolute atomic E-state index is 0.0932. The number of aromatic nitrogens is 3. The Morgan fingerprint density at radius 2 is 2.02 bits per heavy atom. The topological polar surface area (TPSA) is 128 Å². The van der Waals surface area contributed by atoms with Crippen LogP contribution in [0.2, 0.25) is 0 Å². The first-order chi connectivity index (χ1) is 19.1. The Morgan fingerprint density at radius 3 is 2.67 bits per heavy atom. The SMILES string of the molecule is COC(=O)NCCCn1nc([C@H](C)N(C(=O)[C@H]2CN(C(=O)OC(C)(C)C)CCO2)C2CC2)cc1-c1ccccn1. The van der Waals surface area contributed by atoms with E-state index in [1.165, 1.54) is 7.11 Å². The lowest BCUT2D eigenvalue weighted by Gasteiger charge is -2.37. The molecule has 1 aliphatic carbocycles. The van der Waals surface area contributed by atoms with E-state index in [9.17, 15) is 14.4 Å². The summed E-state index contributed by atoms with van der Waals surface area (Å²) in [4.78, 5) is 45.8. The molecule has 1 saturated carbocycles. The Hall–Kier alpha value is -3.67. The molecule has 0 bridgehead atoms. The van der Waals surface area contributed by atoms with E-state index in [0.29, 0.717) is 26.1 Å². The number of ether oxygens (including phenoxy) is 3. The average Bonchev–Trinajstić information content (AvgIpc) is 3.68. The monoisotopic (exact) mass is 556 g/mol. The Labute approximate surface area is 234 Å². The van der Waals surface area contributed by atoms with Crippen molar-refractivity contribution >= 4 is 18.1 Å². The molecule has 4 rings (SSSR count). The summed E-state index contributed by atoms with van der Waals surface area (Å²) in [5, 5.41) is 7.57. The fourth-order valence-corrected chi connectivity index (χ4v) is 4.66. The number of aryl methyl sites for hydroxylation is 1. The minimum atomic E-state index is -0.772. The molecule has 2 fully saturated rings. The van der Waals surface area contributed by atoms with Crippen molar-refractivity contribution in [2.75, 3.05) is 33.4 Å². The normalized spacial score (nSPS) is 18.1. The molecule has 1 saturated heterocycles. The maximum absolute atomic E-state index is 13.8. The number of alkyl carbamates (subject to hydrolysis) is 1. The van der Waals surface area contributed by atoms with Crippen LogP contribution >= 0.6 is 0 Å². The van der Waals surface area contributed by atoms with Crippen molar-refractivity contribution in [2.24, 2.45) is 0 Å². The van der Waals surface area contributed by atoms with Crippen molar-refractivity contribution in [3.8, 4) is 11.4 Å². The first-order valence-electron chi connectivity index (χ1n) is 13.8. The second-order valence-electron chi connectivity index (χ2n) is 11.1. The Bertz CT molecular complexity index is 1180. The number of carbonyl (C=O) groups excluding carboxylic acids is 3. The number of carbonyl (C=O) groups is 3. The summed E-state index contributed by atoms with van der Waals surface area (Å²) >= 11 is 0. The van der Waals surface area contributed by atoms with E-state index < -0.39 is 23.9 Å². The van der Waals surface area contributed by atoms with E-state index in [0.717, 1.165) is 29.9 Å². The lowest BCUT2D eigenvalue weighted by Crippen LogP contribution is -2.54. The van der Waals surface area contributed by atoms with Gasteiger partial charge in [0.2, 0.25) is 0 Å². The van der Waals surface area contributed by atoms with Crippen LogP contribution in [0.25, 0.3) is 11.4 Å². The van der Waals surface area contributed by atoms with Crippen LogP contribution in [0, 0.1) is 0 Å². The molecule has 40 heavy (non-hydrogen) atoms. The van der Waals surface area contributed by atoms with Crippen LogP contribution in [0.1, 0.15) is 58.7 Å². The first-order valence-corrected chi connectivity index (χ1v) is 13.8. The van der Waals surface area contributed by atoms with Gasteiger partial charge in [0.25, 0.3) is 5.91 Å². The molecule has 3 amide bonds. The van der Waals surface area contributed by atoms with Crippen LogP contribution in [0.3, 0.4) is 0 Å². The van der Waals surface area contributed by atoms with Gasteiger partial charge < -0.3 is 29.3 Å². The number of rotatable bonds is 9. The standard InChI is InChI=1S/C28H40N6O6/c1-19(22-17-23(21-9-6-7-12-29-21)33(31-22)14-8-13-30-26(36)38-5)34(20-10-11-20)25(35)24-18-32(15-16-39-24)27(37)40-28(2,3)4/h6-7,9,12,17,19-20,24H,8,10-11,13-16,18H2,1-5H3,(H,30,36)/t19-,24+/m0/s1. The molecule has 3 heterocycles. The van der Waals surface area contributed by atoms with Gasteiger partial charge in [-0.2, -0.15) is 5.10 Å². The third-order valence-corrected chi connectivity index (χ3v) is 6.76. The van der Waals surface area contributed by atoms with Gasteiger partial charge in [0.1, 0.15) is 5.60 Å². The Morgan fingerprint density at radius 1 is 1.25 bits per heavy atom. The van der Waals surface area contributed by atoms with Crippen LogP contribution < -0.4 is 5.32 Å². The van der Waals surface area contributed by atoms with Gasteiger partial charge in [-0.15, -0.1) is 0 Å². The molecule has 2 aliphatic rings. The van der Waals surface area contributed by atoms with E-state index in [1.54, 1.807) is 11.1 Å². The zero-order chi connectivity index (χ0) is 28.9. The molecular formula is C28H40N6O6. The smallest absolute Gasteiger partial charge is 0.410 e. The molecule has 0 radical (unpaired) electrons. The van der Waals surface area contributed by atoms with Crippen molar-refractivity contribution in [1.29, 1.82) is 0 Å². The summed E-state index contributed by atoms with van der Waals surface area (Å²) in [5.74, 6) is -0.153. The largest absolute Gasteiger partial charge is 0.453 e. The van der Waals surface area contributed by atoms with Crippen molar-refractivity contribution in [3.63, 3.8) is 0 Å². The summed E-state index contributed by atoms with van der Waals surface area (Å²) < 4.78 is 17.9. The summed E-state index contributed by atoms with van der Waals surface area (Å²) in [6.07, 6.45) is 2.48. The molecule has 1 N–H and O–H groups in total. The molecule has 1 aliphatic heterocycles. The lowest BCUT2D eigenvalue weighted by atomic mass is 10.1. The van der Waals surface area contributed by atoms with Gasteiger partial charge in [-0.25, -0.2) is 9.59 Å². The van der Waals surface area contributed by atoms with Crippen LogP contribution in [0.4, 0.5) is 9.59 Å². The molecule has 2 aromatic heterocycles. The second kappa shape index (κ2) is 12.7. The number of nitrogens with zero attached hydrogens (tertiary/aromatic N) is 5. The molecule has 12 heteroatoms. The number of amides is 3. The maximum Gasteiger partial charge on any atom is 0.410 e. The molecule has 0 aromatic carbocycles. The van der Waals surface area contributed by atoms with Gasteiger partial charge in [0.15, 0.2) is 6.10 Å². The predicted molar refractivity (Wildman–Crippen MR) is 146 cm³/mol. The van der Waals surface area contributed by atoms with Crippen molar-refractivity contribution in [1.82, 2.24) is 29.9 Å².